The molecule has 7 heteroatoms. The summed E-state index contributed by atoms with van der Waals surface area (Å²) in [5, 5.41) is 9.29. The molecule has 0 radical (unpaired) electrons. The number of nitrogens with two attached hydrogens (primary N) is 2. The summed E-state index contributed by atoms with van der Waals surface area (Å²) in [6.45, 7) is 2.77. The van der Waals surface area contributed by atoms with Gasteiger partial charge in [-0.3, -0.25) is 0 Å². The van der Waals surface area contributed by atoms with Gasteiger partial charge in [-0.05, 0) is 18.6 Å². The number of ether oxygens (including phenoxy) is 1. The third-order valence-electron chi connectivity index (χ3n) is 3.59. The van der Waals surface area contributed by atoms with E-state index in [-0.39, 0.29) is 11.8 Å². The van der Waals surface area contributed by atoms with Gasteiger partial charge >= 0.3 is 0 Å². The summed E-state index contributed by atoms with van der Waals surface area (Å²) in [7, 11) is 0. The molecule has 0 unspecified atom stereocenters. The maximum Gasteiger partial charge on any atom is 0.222 e. The summed E-state index contributed by atoms with van der Waals surface area (Å²) in [6.07, 6.45) is 4.78. The van der Waals surface area contributed by atoms with Gasteiger partial charge in [0.15, 0.2) is 11.6 Å². The number of fused-ring (bicyclic) bond motifs is 1. The Morgan fingerprint density at radius 2 is 1.85 bits per heavy atom. The monoisotopic (exact) mass is 355 g/mol. The normalized spacial score (nSPS) is 10.2. The molecule has 0 aliphatic rings. The van der Waals surface area contributed by atoms with Crippen LogP contribution in [-0.4, -0.2) is 26.7 Å². The fourth-order valence-corrected chi connectivity index (χ4v) is 2.21. The molecular formula is C19H25N5O2. The number of nitrogens with zero attached hydrogens (tertiary/aromatic N) is 3. The number of aliphatic hydroxyl groups is 1. The number of para-hydroxylation sites is 1. The van der Waals surface area contributed by atoms with Crippen LogP contribution in [0.15, 0.2) is 42.6 Å². The van der Waals surface area contributed by atoms with E-state index < -0.39 is 0 Å². The van der Waals surface area contributed by atoms with Crippen LogP contribution >= 0.6 is 0 Å². The summed E-state index contributed by atoms with van der Waals surface area (Å²) in [4.78, 5) is 12.2. The molecule has 2 aromatic heterocycles. The van der Waals surface area contributed by atoms with Crippen molar-refractivity contribution in [2.45, 2.75) is 32.8 Å². The highest BCUT2D eigenvalue weighted by Gasteiger charge is 2.05. The van der Waals surface area contributed by atoms with E-state index in [1.807, 2.05) is 36.4 Å². The summed E-state index contributed by atoms with van der Waals surface area (Å²) in [5.41, 5.74) is 12.9. The van der Waals surface area contributed by atoms with Crippen molar-refractivity contribution in [3.8, 4) is 5.75 Å². The van der Waals surface area contributed by atoms with Crippen molar-refractivity contribution in [1.29, 1.82) is 0 Å². The first-order chi connectivity index (χ1) is 12.6. The van der Waals surface area contributed by atoms with Crippen molar-refractivity contribution < 1.29 is 9.84 Å². The number of nitrogen functional groups attached to an aromatic ring is 2. The molecular weight excluding hydrogens is 330 g/mol. The Morgan fingerprint density at radius 3 is 2.54 bits per heavy atom. The molecule has 0 fully saturated rings. The molecule has 0 bridgehead atoms. The molecule has 7 nitrogen and oxygen atoms in total. The standard InChI is InChI=1S/C14H13N5O.C5H12O/c15-13-12(7-17-14(16)19-13)20-8-10-6-5-9-3-1-2-4-11(9)18-10;1-2-3-4-5-6/h1-7H,8H2,(H4,15,16,17,19);6H,2-5H2,1H3. The third kappa shape index (κ3) is 5.86. The number of hydrogen-bond acceptors (Lipinski definition) is 7. The second-order valence-corrected chi connectivity index (χ2v) is 5.69. The first kappa shape index (κ1) is 19.4. The molecule has 0 amide bonds. The number of aliphatic hydroxyl groups excluding tert-OH is 1. The van der Waals surface area contributed by atoms with Gasteiger partial charge in [-0.1, -0.05) is 44.0 Å². The van der Waals surface area contributed by atoms with Crippen molar-refractivity contribution in [3.05, 3.63) is 48.3 Å². The van der Waals surface area contributed by atoms with Crippen molar-refractivity contribution >= 4 is 22.7 Å². The van der Waals surface area contributed by atoms with E-state index in [4.69, 9.17) is 21.3 Å². The molecule has 0 aliphatic heterocycles. The van der Waals surface area contributed by atoms with Gasteiger partial charge in [-0.15, -0.1) is 0 Å². The zero-order valence-electron chi connectivity index (χ0n) is 14.9. The van der Waals surface area contributed by atoms with Gasteiger partial charge in [0.05, 0.1) is 17.4 Å². The zero-order valence-corrected chi connectivity index (χ0v) is 14.9. The smallest absolute Gasteiger partial charge is 0.222 e. The number of anilines is 2. The minimum absolute atomic E-state index is 0.124. The Balaban J connectivity index is 0.000000352. The van der Waals surface area contributed by atoms with Gasteiger partial charge in [0, 0.05) is 12.0 Å². The summed E-state index contributed by atoms with van der Waals surface area (Å²) in [5.74, 6) is 0.742. The van der Waals surface area contributed by atoms with Crippen LogP contribution in [0.5, 0.6) is 5.75 Å². The van der Waals surface area contributed by atoms with E-state index in [1.54, 1.807) is 0 Å². The Hall–Kier alpha value is -2.93. The molecule has 0 aliphatic carbocycles. The molecule has 3 aromatic rings. The molecule has 26 heavy (non-hydrogen) atoms. The molecule has 138 valence electrons. The molecule has 2 heterocycles. The average molecular weight is 355 g/mol. The second-order valence-electron chi connectivity index (χ2n) is 5.69. The van der Waals surface area contributed by atoms with Crippen LogP contribution in [-0.2, 0) is 6.61 Å². The van der Waals surface area contributed by atoms with E-state index in [1.165, 1.54) is 12.6 Å². The third-order valence-corrected chi connectivity index (χ3v) is 3.59. The predicted octanol–water partition coefficient (Wildman–Crippen LogP) is 2.94. The lowest BCUT2D eigenvalue weighted by Gasteiger charge is -2.08. The summed E-state index contributed by atoms with van der Waals surface area (Å²) < 4.78 is 5.56. The topological polar surface area (TPSA) is 120 Å². The Kier molecular flexibility index (Phi) is 7.57. The van der Waals surface area contributed by atoms with E-state index in [2.05, 4.69) is 21.9 Å². The highest BCUT2D eigenvalue weighted by Crippen LogP contribution is 2.19. The van der Waals surface area contributed by atoms with Crippen LogP contribution < -0.4 is 16.2 Å². The lowest BCUT2D eigenvalue weighted by Crippen LogP contribution is -2.05. The van der Waals surface area contributed by atoms with E-state index in [0.717, 1.165) is 29.4 Å². The Labute approximate surface area is 153 Å². The largest absolute Gasteiger partial charge is 0.482 e. The van der Waals surface area contributed by atoms with Crippen LogP contribution in [0.4, 0.5) is 11.8 Å². The van der Waals surface area contributed by atoms with E-state index in [0.29, 0.717) is 19.0 Å². The summed E-state index contributed by atoms with van der Waals surface area (Å²) >= 11 is 0. The molecule has 0 saturated heterocycles. The van der Waals surface area contributed by atoms with Crippen LogP contribution in [0.25, 0.3) is 10.9 Å². The lowest BCUT2D eigenvalue weighted by atomic mass is 10.2. The number of rotatable bonds is 6. The van der Waals surface area contributed by atoms with Gasteiger partial charge in [0.1, 0.15) is 6.61 Å². The quantitative estimate of drug-likeness (QED) is 0.581. The second kappa shape index (κ2) is 10.1. The van der Waals surface area contributed by atoms with Gasteiger partial charge in [-0.2, -0.15) is 4.98 Å². The molecule has 0 spiro atoms. The SMILES string of the molecule is CCCCCO.Nc1ncc(OCc2ccc3ccccc3n2)c(N)n1. The Morgan fingerprint density at radius 1 is 1.04 bits per heavy atom. The highest BCUT2D eigenvalue weighted by molar-refractivity contribution is 5.78. The maximum atomic E-state index is 8.20. The molecule has 1 aromatic carbocycles. The molecule has 0 saturated carbocycles. The fourth-order valence-electron chi connectivity index (χ4n) is 2.21. The van der Waals surface area contributed by atoms with Crippen molar-refractivity contribution in [1.82, 2.24) is 15.0 Å². The fraction of sp³-hybridized carbons (Fsp3) is 0.316. The minimum atomic E-state index is 0.124. The van der Waals surface area contributed by atoms with E-state index in [9.17, 15) is 0 Å². The van der Waals surface area contributed by atoms with E-state index >= 15 is 0 Å². The van der Waals surface area contributed by atoms with Crippen LogP contribution in [0.3, 0.4) is 0 Å². The van der Waals surface area contributed by atoms with Gasteiger partial charge < -0.3 is 21.3 Å². The van der Waals surface area contributed by atoms with Crippen molar-refractivity contribution in [2.24, 2.45) is 0 Å². The van der Waals surface area contributed by atoms with Crippen LogP contribution in [0, 0.1) is 0 Å². The number of unbranched alkanes of at least 4 members (excludes halogenated alkanes) is 2. The van der Waals surface area contributed by atoms with Crippen LogP contribution in [0.2, 0.25) is 0 Å². The number of hydrogen-bond donors (Lipinski definition) is 3. The average Bonchev–Trinajstić information content (AvgIpc) is 2.66. The van der Waals surface area contributed by atoms with Crippen molar-refractivity contribution in [2.75, 3.05) is 18.1 Å². The predicted molar refractivity (Wildman–Crippen MR) is 104 cm³/mol. The Bertz CT molecular complexity index is 822. The van der Waals surface area contributed by atoms with Crippen molar-refractivity contribution in [3.63, 3.8) is 0 Å². The summed E-state index contributed by atoms with van der Waals surface area (Å²) in [6, 6.07) is 11.8. The number of pyridine rings is 1. The van der Waals surface area contributed by atoms with Gasteiger partial charge in [0.25, 0.3) is 0 Å². The number of benzene rings is 1. The first-order valence-electron chi connectivity index (χ1n) is 8.60. The molecule has 5 N–H and O–H groups in total. The maximum absolute atomic E-state index is 8.20. The lowest BCUT2D eigenvalue weighted by molar-refractivity contribution is 0.284. The zero-order chi connectivity index (χ0) is 18.8. The molecule has 0 atom stereocenters. The first-order valence-corrected chi connectivity index (χ1v) is 8.60. The van der Waals surface area contributed by atoms with Gasteiger partial charge in [-0.25, -0.2) is 9.97 Å². The van der Waals surface area contributed by atoms with Crippen LogP contribution in [0.1, 0.15) is 31.9 Å². The minimum Gasteiger partial charge on any atom is -0.482 e. The molecule has 3 rings (SSSR count). The number of aromatic nitrogens is 3. The van der Waals surface area contributed by atoms with Gasteiger partial charge in [0.2, 0.25) is 5.95 Å². The highest BCUT2D eigenvalue weighted by atomic mass is 16.5.